The highest BCUT2D eigenvalue weighted by Crippen LogP contribution is 2.49. The second kappa shape index (κ2) is 5.41. The van der Waals surface area contributed by atoms with E-state index in [1.807, 2.05) is 50.2 Å². The van der Waals surface area contributed by atoms with Gasteiger partial charge in [0, 0.05) is 23.6 Å². The molecule has 5 nitrogen and oxygen atoms in total. The van der Waals surface area contributed by atoms with Crippen LogP contribution in [0.25, 0.3) is 0 Å². The molecular formula is C20H22N2O3. The van der Waals surface area contributed by atoms with Gasteiger partial charge in [-0.05, 0) is 38.0 Å². The fourth-order valence-corrected chi connectivity index (χ4v) is 4.16. The Bertz CT molecular complexity index is 819. The third kappa shape index (κ3) is 2.80. The van der Waals surface area contributed by atoms with Crippen LogP contribution in [0.2, 0.25) is 0 Å². The van der Waals surface area contributed by atoms with Crippen molar-refractivity contribution < 1.29 is 14.6 Å². The van der Waals surface area contributed by atoms with E-state index in [0.29, 0.717) is 12.2 Å². The minimum atomic E-state index is -0.534. The molecule has 2 aromatic carbocycles. The van der Waals surface area contributed by atoms with Gasteiger partial charge in [0.25, 0.3) is 0 Å². The van der Waals surface area contributed by atoms with Crippen LogP contribution >= 0.6 is 0 Å². The topological polar surface area (TPSA) is 70.6 Å². The fourth-order valence-electron chi connectivity index (χ4n) is 4.16. The summed E-state index contributed by atoms with van der Waals surface area (Å²) in [6.07, 6.45) is 1.19. The molecule has 2 heterocycles. The lowest BCUT2D eigenvalue weighted by Gasteiger charge is -2.50. The molecule has 2 aromatic rings. The number of phenolic OH excluding ortho intramolecular Hbond substituents is 1. The van der Waals surface area contributed by atoms with Crippen molar-refractivity contribution >= 4 is 6.03 Å². The fraction of sp³-hybridized carbons (Fsp3) is 0.350. The van der Waals surface area contributed by atoms with E-state index >= 15 is 0 Å². The molecule has 1 saturated heterocycles. The first-order valence-corrected chi connectivity index (χ1v) is 8.52. The summed E-state index contributed by atoms with van der Waals surface area (Å²) in [6, 6.07) is 14.9. The van der Waals surface area contributed by atoms with E-state index in [0.717, 1.165) is 17.5 Å². The quantitative estimate of drug-likeness (QED) is 0.744. The zero-order chi connectivity index (χ0) is 17.7. The summed E-state index contributed by atoms with van der Waals surface area (Å²) >= 11 is 0. The van der Waals surface area contributed by atoms with Crippen LogP contribution < -0.4 is 15.4 Å². The molecule has 0 aliphatic carbocycles. The molecule has 2 aliphatic heterocycles. The summed E-state index contributed by atoms with van der Waals surface area (Å²) in [6.45, 7) is 4.06. The van der Waals surface area contributed by atoms with Gasteiger partial charge in [0.2, 0.25) is 0 Å². The van der Waals surface area contributed by atoms with Crippen molar-refractivity contribution in [2.24, 2.45) is 0 Å². The van der Waals surface area contributed by atoms with Crippen molar-refractivity contribution in [2.75, 3.05) is 0 Å². The summed E-state index contributed by atoms with van der Waals surface area (Å²) < 4.78 is 6.20. The van der Waals surface area contributed by atoms with Crippen LogP contribution in [0.3, 0.4) is 0 Å². The number of amides is 2. The summed E-state index contributed by atoms with van der Waals surface area (Å²) in [5, 5.41) is 16.0. The van der Waals surface area contributed by atoms with Gasteiger partial charge in [-0.15, -0.1) is 0 Å². The number of carbonyl (C=O) groups is 1. The highest BCUT2D eigenvalue weighted by molar-refractivity contribution is 5.77. The molecule has 2 aliphatic rings. The highest BCUT2D eigenvalue weighted by Gasteiger charge is 2.49. The second-order valence-electron chi connectivity index (χ2n) is 7.62. The van der Waals surface area contributed by atoms with E-state index in [-0.39, 0.29) is 23.4 Å². The maximum atomic E-state index is 12.4. The summed E-state index contributed by atoms with van der Waals surface area (Å²) in [5.41, 5.74) is 1.10. The lowest BCUT2D eigenvalue weighted by Crippen LogP contribution is -2.65. The van der Waals surface area contributed by atoms with Crippen molar-refractivity contribution in [1.82, 2.24) is 10.6 Å². The van der Waals surface area contributed by atoms with E-state index in [9.17, 15) is 9.90 Å². The molecule has 3 N–H and O–H groups in total. The van der Waals surface area contributed by atoms with Crippen LogP contribution in [0.5, 0.6) is 11.5 Å². The Kier molecular flexibility index (Phi) is 3.42. The number of urea groups is 1. The number of phenols is 1. The standard InChI is InChI=1S/C20H22N2O3/c1-19(2)12-20(22-18(24)21-19)11-17(13-6-4-3-5-7-13)25-16-10-14(23)8-9-15(16)20/h3-10,17,23H,11-12H2,1-2H3,(H2,21,22,24)/t17-,20+/m0/s1. The van der Waals surface area contributed by atoms with Crippen LogP contribution in [0.1, 0.15) is 43.9 Å². The lowest BCUT2D eigenvalue weighted by molar-refractivity contribution is 0.0732. The second-order valence-corrected chi connectivity index (χ2v) is 7.62. The predicted octanol–water partition coefficient (Wildman–Crippen LogP) is 3.59. The number of ether oxygens (including phenoxy) is 1. The molecule has 2 amide bonds. The normalized spacial score (nSPS) is 27.0. The third-order valence-electron chi connectivity index (χ3n) is 5.00. The van der Waals surface area contributed by atoms with Gasteiger partial charge in [0.05, 0.1) is 5.54 Å². The van der Waals surface area contributed by atoms with Crippen molar-refractivity contribution in [3.8, 4) is 11.5 Å². The molecule has 1 fully saturated rings. The number of rotatable bonds is 1. The number of carbonyl (C=O) groups excluding carboxylic acids is 1. The minimum Gasteiger partial charge on any atom is -0.508 e. The zero-order valence-corrected chi connectivity index (χ0v) is 14.4. The summed E-state index contributed by atoms with van der Waals surface area (Å²) in [4.78, 5) is 12.4. The van der Waals surface area contributed by atoms with Crippen LogP contribution in [-0.2, 0) is 5.54 Å². The molecule has 25 heavy (non-hydrogen) atoms. The summed E-state index contributed by atoms with van der Waals surface area (Å²) in [5.74, 6) is 0.778. The van der Waals surface area contributed by atoms with E-state index in [4.69, 9.17) is 4.74 Å². The molecule has 5 heteroatoms. The maximum Gasteiger partial charge on any atom is 0.315 e. The lowest BCUT2D eigenvalue weighted by atomic mass is 9.72. The SMILES string of the molecule is CC1(C)C[C@@]2(C[C@@H](c3ccccc3)Oc3cc(O)ccc32)NC(=O)N1. The molecule has 0 bridgehead atoms. The van der Waals surface area contributed by atoms with E-state index in [1.54, 1.807) is 12.1 Å². The number of hydrogen-bond acceptors (Lipinski definition) is 3. The van der Waals surface area contributed by atoms with Crippen molar-refractivity contribution in [3.05, 3.63) is 59.7 Å². The van der Waals surface area contributed by atoms with Crippen molar-refractivity contribution in [3.63, 3.8) is 0 Å². The molecule has 0 radical (unpaired) electrons. The molecule has 130 valence electrons. The molecule has 1 spiro atoms. The molecule has 0 aromatic heterocycles. The zero-order valence-electron chi connectivity index (χ0n) is 14.4. The first-order valence-electron chi connectivity index (χ1n) is 8.52. The van der Waals surface area contributed by atoms with Gasteiger partial charge in [-0.2, -0.15) is 0 Å². The Morgan fingerprint density at radius 2 is 1.88 bits per heavy atom. The van der Waals surface area contributed by atoms with Crippen LogP contribution in [0.15, 0.2) is 48.5 Å². The molecular weight excluding hydrogens is 316 g/mol. The van der Waals surface area contributed by atoms with Crippen LogP contribution in [0, 0.1) is 0 Å². The number of hydrogen-bond donors (Lipinski definition) is 3. The first kappa shape index (κ1) is 15.8. The Balaban J connectivity index is 1.84. The number of nitrogens with one attached hydrogen (secondary N) is 2. The monoisotopic (exact) mass is 338 g/mol. The van der Waals surface area contributed by atoms with Crippen LogP contribution in [0.4, 0.5) is 4.79 Å². The molecule has 4 rings (SSSR count). The number of fused-ring (bicyclic) bond motifs is 2. The van der Waals surface area contributed by atoms with E-state index in [1.165, 1.54) is 0 Å². The van der Waals surface area contributed by atoms with Crippen LogP contribution in [-0.4, -0.2) is 16.7 Å². The number of aromatic hydroxyl groups is 1. The maximum absolute atomic E-state index is 12.4. The van der Waals surface area contributed by atoms with Gasteiger partial charge < -0.3 is 20.5 Å². The van der Waals surface area contributed by atoms with Gasteiger partial charge in [-0.25, -0.2) is 4.79 Å². The van der Waals surface area contributed by atoms with Gasteiger partial charge in [0.15, 0.2) is 0 Å². The number of benzene rings is 2. The molecule has 2 atom stereocenters. The minimum absolute atomic E-state index is 0.155. The Morgan fingerprint density at radius 1 is 1.12 bits per heavy atom. The largest absolute Gasteiger partial charge is 0.508 e. The van der Waals surface area contributed by atoms with Gasteiger partial charge in [-0.3, -0.25) is 0 Å². The van der Waals surface area contributed by atoms with Gasteiger partial charge >= 0.3 is 6.03 Å². The van der Waals surface area contributed by atoms with E-state index < -0.39 is 5.54 Å². The first-order chi connectivity index (χ1) is 11.9. The van der Waals surface area contributed by atoms with Crippen molar-refractivity contribution in [2.45, 2.75) is 43.9 Å². The van der Waals surface area contributed by atoms with Crippen molar-refractivity contribution in [1.29, 1.82) is 0 Å². The molecule has 0 saturated carbocycles. The third-order valence-corrected chi connectivity index (χ3v) is 5.00. The Labute approximate surface area is 147 Å². The van der Waals surface area contributed by atoms with Gasteiger partial charge in [-0.1, -0.05) is 30.3 Å². The van der Waals surface area contributed by atoms with E-state index in [2.05, 4.69) is 10.6 Å². The Hall–Kier alpha value is -2.69. The average molecular weight is 338 g/mol. The molecule has 0 unspecified atom stereocenters. The van der Waals surface area contributed by atoms with Gasteiger partial charge in [0.1, 0.15) is 17.6 Å². The highest BCUT2D eigenvalue weighted by atomic mass is 16.5. The average Bonchev–Trinajstić information content (AvgIpc) is 2.53. The summed E-state index contributed by atoms with van der Waals surface area (Å²) in [7, 11) is 0. The predicted molar refractivity (Wildman–Crippen MR) is 94.6 cm³/mol. The smallest absolute Gasteiger partial charge is 0.315 e. The Morgan fingerprint density at radius 3 is 2.60 bits per heavy atom.